The fraction of sp³-hybridized carbons (Fsp3) is 0.300. The normalized spacial score (nSPS) is 12.5. The Balaban J connectivity index is 2.85. The molecule has 1 aromatic carbocycles. The van der Waals surface area contributed by atoms with Crippen molar-refractivity contribution in [1.82, 2.24) is 0 Å². The van der Waals surface area contributed by atoms with E-state index in [-0.39, 0.29) is 11.2 Å². The van der Waals surface area contributed by atoms with Crippen LogP contribution in [0.25, 0.3) is 0 Å². The molecule has 1 rings (SSSR count). The third-order valence-electron chi connectivity index (χ3n) is 1.97. The van der Waals surface area contributed by atoms with Crippen LogP contribution in [0.1, 0.15) is 24.0 Å². The van der Waals surface area contributed by atoms with Crippen molar-refractivity contribution in [3.05, 3.63) is 35.4 Å². The lowest BCUT2D eigenvalue weighted by Gasteiger charge is -2.06. The van der Waals surface area contributed by atoms with Gasteiger partial charge in [0.15, 0.2) is 0 Å². The molecule has 0 radical (unpaired) electrons. The molecule has 0 aliphatic carbocycles. The number of alkyl halides is 1. The molecule has 0 aromatic heterocycles. The maximum absolute atomic E-state index is 10.8. The molecule has 0 saturated carbocycles. The Hall–Kier alpha value is -0.530. The van der Waals surface area contributed by atoms with Crippen LogP contribution in [0.4, 0.5) is 0 Å². The minimum atomic E-state index is -0.335. The number of carbonyl (C=O) groups excluding carboxylic acids is 1. The summed E-state index contributed by atoms with van der Waals surface area (Å²) in [4.78, 5) is 10.8. The van der Waals surface area contributed by atoms with E-state index in [0.29, 0.717) is 5.88 Å². The predicted octanol–water partition coefficient (Wildman–Crippen LogP) is 3.29. The van der Waals surface area contributed by atoms with Gasteiger partial charge < -0.3 is 0 Å². The van der Waals surface area contributed by atoms with Gasteiger partial charge in [-0.15, -0.1) is 11.6 Å². The van der Waals surface area contributed by atoms with Gasteiger partial charge in [0.2, 0.25) is 5.24 Å². The van der Waals surface area contributed by atoms with Crippen LogP contribution >= 0.6 is 23.2 Å². The summed E-state index contributed by atoms with van der Waals surface area (Å²) in [5.74, 6) is 0.245. The summed E-state index contributed by atoms with van der Waals surface area (Å²) in [5.41, 5.74) is 1.97. The fourth-order valence-corrected chi connectivity index (χ4v) is 1.33. The lowest BCUT2D eigenvalue weighted by Crippen LogP contribution is -2.01. The van der Waals surface area contributed by atoms with Crippen LogP contribution in [0.5, 0.6) is 0 Å². The van der Waals surface area contributed by atoms with Crippen molar-refractivity contribution in [3.63, 3.8) is 0 Å². The third-order valence-corrected chi connectivity index (χ3v) is 2.61. The van der Waals surface area contributed by atoms with E-state index < -0.39 is 0 Å². The Morgan fingerprint density at radius 1 is 1.38 bits per heavy atom. The van der Waals surface area contributed by atoms with Crippen LogP contribution in [-0.4, -0.2) is 5.24 Å². The molecule has 3 heteroatoms. The average molecular weight is 217 g/mol. The monoisotopic (exact) mass is 216 g/mol. The molecule has 0 aliphatic rings. The summed E-state index contributed by atoms with van der Waals surface area (Å²) < 4.78 is 0. The number of carbonyl (C=O) groups is 1. The van der Waals surface area contributed by atoms with E-state index >= 15 is 0 Å². The van der Waals surface area contributed by atoms with Crippen LogP contribution < -0.4 is 0 Å². The maximum Gasteiger partial charge on any atom is 0.228 e. The van der Waals surface area contributed by atoms with Crippen molar-refractivity contribution in [3.8, 4) is 0 Å². The zero-order valence-electron chi connectivity index (χ0n) is 7.26. The second-order valence-corrected chi connectivity index (χ2v) is 3.54. The molecule has 0 amide bonds. The maximum atomic E-state index is 10.8. The molecular formula is C10H10Cl2O. The number of rotatable bonds is 3. The molecule has 0 spiro atoms. The standard InChI is InChI=1S/C10H10Cl2O/c1-7(10(12)13)9-4-2-8(6-11)3-5-9/h2-5,7H,6H2,1H3. The van der Waals surface area contributed by atoms with Crippen molar-refractivity contribution in [2.75, 3.05) is 0 Å². The fourth-order valence-electron chi connectivity index (χ4n) is 1.03. The highest BCUT2D eigenvalue weighted by atomic mass is 35.5. The van der Waals surface area contributed by atoms with Crippen LogP contribution in [0.15, 0.2) is 24.3 Å². The largest absolute Gasteiger partial charge is 0.281 e. The van der Waals surface area contributed by atoms with Gasteiger partial charge in [-0.05, 0) is 22.7 Å². The number of hydrogen-bond acceptors (Lipinski definition) is 1. The summed E-state index contributed by atoms with van der Waals surface area (Å²) in [7, 11) is 0. The molecule has 1 aromatic rings. The smallest absolute Gasteiger partial charge is 0.228 e. The minimum absolute atomic E-state index is 0.244. The lowest BCUT2D eigenvalue weighted by atomic mass is 10.0. The molecule has 1 atom stereocenters. The molecule has 0 heterocycles. The number of benzene rings is 1. The van der Waals surface area contributed by atoms with Crippen LogP contribution in [0.2, 0.25) is 0 Å². The first kappa shape index (κ1) is 10.6. The summed E-state index contributed by atoms with van der Waals surface area (Å²) in [5, 5.41) is -0.335. The van der Waals surface area contributed by atoms with E-state index in [2.05, 4.69) is 0 Å². The molecule has 70 valence electrons. The average Bonchev–Trinajstić information content (AvgIpc) is 2.17. The SMILES string of the molecule is CC(C(=O)Cl)c1ccc(CCl)cc1. The topological polar surface area (TPSA) is 17.1 Å². The first-order valence-corrected chi connectivity index (χ1v) is 4.90. The van der Waals surface area contributed by atoms with Crippen molar-refractivity contribution >= 4 is 28.4 Å². The van der Waals surface area contributed by atoms with Gasteiger partial charge in [-0.25, -0.2) is 0 Å². The zero-order chi connectivity index (χ0) is 9.84. The van der Waals surface area contributed by atoms with Gasteiger partial charge in [0.1, 0.15) is 0 Å². The van der Waals surface area contributed by atoms with E-state index in [4.69, 9.17) is 23.2 Å². The van der Waals surface area contributed by atoms with Gasteiger partial charge >= 0.3 is 0 Å². The highest BCUT2D eigenvalue weighted by Gasteiger charge is 2.11. The Bertz CT molecular complexity index is 292. The van der Waals surface area contributed by atoms with E-state index in [1.165, 1.54) is 0 Å². The predicted molar refractivity (Wildman–Crippen MR) is 55.3 cm³/mol. The Morgan fingerprint density at radius 3 is 2.31 bits per heavy atom. The van der Waals surface area contributed by atoms with Gasteiger partial charge in [-0.3, -0.25) is 4.79 Å². The quantitative estimate of drug-likeness (QED) is 0.560. The van der Waals surface area contributed by atoms with Crippen LogP contribution in [0.3, 0.4) is 0 Å². The molecular weight excluding hydrogens is 207 g/mol. The summed E-state index contributed by atoms with van der Waals surface area (Å²) in [6.07, 6.45) is 0. The van der Waals surface area contributed by atoms with Crippen molar-refractivity contribution in [2.45, 2.75) is 18.7 Å². The lowest BCUT2D eigenvalue weighted by molar-refractivity contribution is -0.112. The second-order valence-electron chi connectivity index (χ2n) is 2.90. The van der Waals surface area contributed by atoms with Crippen molar-refractivity contribution in [2.24, 2.45) is 0 Å². The third kappa shape index (κ3) is 2.71. The van der Waals surface area contributed by atoms with E-state index in [1.54, 1.807) is 6.92 Å². The van der Waals surface area contributed by atoms with E-state index in [0.717, 1.165) is 11.1 Å². The van der Waals surface area contributed by atoms with E-state index in [9.17, 15) is 4.79 Å². The number of hydrogen-bond donors (Lipinski definition) is 0. The molecule has 0 bridgehead atoms. The molecule has 1 unspecified atom stereocenters. The summed E-state index contributed by atoms with van der Waals surface area (Å²) in [6.45, 7) is 1.78. The van der Waals surface area contributed by atoms with Crippen LogP contribution in [0, 0.1) is 0 Å². The van der Waals surface area contributed by atoms with Gasteiger partial charge in [0, 0.05) is 5.88 Å². The molecule has 0 saturated heterocycles. The van der Waals surface area contributed by atoms with Gasteiger partial charge in [-0.1, -0.05) is 31.2 Å². The van der Waals surface area contributed by atoms with Crippen LogP contribution in [-0.2, 0) is 10.7 Å². The minimum Gasteiger partial charge on any atom is -0.281 e. The van der Waals surface area contributed by atoms with Gasteiger partial charge in [-0.2, -0.15) is 0 Å². The molecule has 0 fully saturated rings. The Morgan fingerprint density at radius 2 is 1.92 bits per heavy atom. The number of halogens is 2. The Labute approximate surface area is 87.7 Å². The Kier molecular flexibility index (Phi) is 3.76. The summed E-state index contributed by atoms with van der Waals surface area (Å²) >= 11 is 11.0. The highest BCUT2D eigenvalue weighted by molar-refractivity contribution is 6.64. The zero-order valence-corrected chi connectivity index (χ0v) is 8.77. The molecule has 1 nitrogen and oxygen atoms in total. The van der Waals surface area contributed by atoms with Crippen molar-refractivity contribution < 1.29 is 4.79 Å². The molecule has 0 N–H and O–H groups in total. The van der Waals surface area contributed by atoms with Gasteiger partial charge in [0.05, 0.1) is 5.92 Å². The second kappa shape index (κ2) is 4.64. The first-order valence-electron chi connectivity index (χ1n) is 3.99. The molecule has 13 heavy (non-hydrogen) atoms. The van der Waals surface area contributed by atoms with E-state index in [1.807, 2.05) is 24.3 Å². The highest BCUT2D eigenvalue weighted by Crippen LogP contribution is 2.18. The summed E-state index contributed by atoms with van der Waals surface area (Å²) in [6, 6.07) is 7.56. The van der Waals surface area contributed by atoms with Crippen molar-refractivity contribution in [1.29, 1.82) is 0 Å². The first-order chi connectivity index (χ1) is 6.15. The van der Waals surface area contributed by atoms with Gasteiger partial charge in [0.25, 0.3) is 0 Å². The molecule has 0 aliphatic heterocycles.